The predicted molar refractivity (Wildman–Crippen MR) is 95.7 cm³/mol. The molecule has 0 bridgehead atoms. The van der Waals surface area contributed by atoms with Crippen LogP contribution in [0, 0.1) is 5.92 Å². The minimum absolute atomic E-state index is 0.211. The van der Waals surface area contributed by atoms with Gasteiger partial charge in [-0.15, -0.1) is 11.3 Å². The molecule has 0 unspecified atom stereocenters. The Bertz CT molecular complexity index is 659. The van der Waals surface area contributed by atoms with Gasteiger partial charge in [0.05, 0.1) is 4.88 Å². The summed E-state index contributed by atoms with van der Waals surface area (Å²) in [6.07, 6.45) is 1.19. The summed E-state index contributed by atoms with van der Waals surface area (Å²) in [5, 5.41) is 6.42. The third-order valence-corrected chi connectivity index (χ3v) is 4.64. The number of hydrogen-bond donors (Lipinski definition) is 2. The molecule has 2 heterocycles. The predicted octanol–water partition coefficient (Wildman–Crippen LogP) is 1.38. The quantitative estimate of drug-likeness (QED) is 0.725. The summed E-state index contributed by atoms with van der Waals surface area (Å²) in [6, 6.07) is 2.15. The molecule has 0 aromatic carbocycles. The van der Waals surface area contributed by atoms with Gasteiger partial charge in [-0.1, -0.05) is 19.9 Å². The van der Waals surface area contributed by atoms with Gasteiger partial charge in [0.2, 0.25) is 0 Å². The zero-order valence-electron chi connectivity index (χ0n) is 14.8. The molecule has 4 amide bonds. The van der Waals surface area contributed by atoms with Crippen molar-refractivity contribution in [1.29, 1.82) is 0 Å². The molecule has 9 heteroatoms. The highest BCUT2D eigenvalue weighted by atomic mass is 32.1. The number of hydrogen-bond acceptors (Lipinski definition) is 6. The smallest absolute Gasteiger partial charge is 0.329 e. The van der Waals surface area contributed by atoms with E-state index in [2.05, 4.69) is 10.6 Å². The van der Waals surface area contributed by atoms with Crippen molar-refractivity contribution >= 4 is 35.2 Å². The molecule has 1 aromatic heterocycles. The lowest BCUT2D eigenvalue weighted by molar-refractivity contribution is -0.152. The molecule has 2 rings (SSSR count). The second-order valence-corrected chi connectivity index (χ2v) is 7.34. The molecule has 1 fully saturated rings. The van der Waals surface area contributed by atoms with Crippen molar-refractivity contribution in [3.05, 3.63) is 22.4 Å². The first-order chi connectivity index (χ1) is 12.4. The summed E-state index contributed by atoms with van der Waals surface area (Å²) in [5.41, 5.74) is 0. The maximum atomic E-state index is 12.4. The van der Waals surface area contributed by atoms with Gasteiger partial charge in [-0.05, 0) is 30.2 Å². The highest BCUT2D eigenvalue weighted by molar-refractivity contribution is 7.12. The molecule has 0 saturated carbocycles. The maximum Gasteiger partial charge on any atom is 0.329 e. The Labute approximate surface area is 155 Å². The van der Waals surface area contributed by atoms with Crippen LogP contribution in [0.5, 0.6) is 0 Å². The van der Waals surface area contributed by atoms with Crippen molar-refractivity contribution in [3.8, 4) is 0 Å². The maximum absolute atomic E-state index is 12.4. The van der Waals surface area contributed by atoms with Gasteiger partial charge >= 0.3 is 12.0 Å². The minimum Gasteiger partial charge on any atom is -0.454 e. The standard InChI is InChI=1S/C17H23N3O5S/c1-11(2)9-18-17(24)19-14(21)10-25-16(23)12-5-3-7-20(12)15(22)13-6-4-8-26-13/h4,6,8,11-12H,3,5,7,9-10H2,1-2H3,(H2,18,19,21,24)/t12-/m0/s1. The number of imide groups is 1. The van der Waals surface area contributed by atoms with Crippen LogP contribution in [0.2, 0.25) is 0 Å². The molecule has 8 nitrogen and oxygen atoms in total. The zero-order chi connectivity index (χ0) is 19.1. The third kappa shape index (κ3) is 5.55. The minimum atomic E-state index is -0.714. The molecule has 1 aliphatic heterocycles. The number of carbonyl (C=O) groups excluding carboxylic acids is 4. The third-order valence-electron chi connectivity index (χ3n) is 3.79. The zero-order valence-corrected chi connectivity index (χ0v) is 15.6. The molecule has 142 valence electrons. The van der Waals surface area contributed by atoms with Crippen LogP contribution in [0.3, 0.4) is 0 Å². The fourth-order valence-electron chi connectivity index (χ4n) is 2.53. The van der Waals surface area contributed by atoms with E-state index >= 15 is 0 Å². The molecular formula is C17H23N3O5S. The highest BCUT2D eigenvalue weighted by Gasteiger charge is 2.36. The Morgan fingerprint density at radius 1 is 1.35 bits per heavy atom. The van der Waals surface area contributed by atoms with Crippen LogP contribution >= 0.6 is 11.3 Å². The summed E-state index contributed by atoms with van der Waals surface area (Å²) >= 11 is 1.31. The van der Waals surface area contributed by atoms with Crippen molar-refractivity contribution in [1.82, 2.24) is 15.5 Å². The van der Waals surface area contributed by atoms with Crippen LogP contribution in [0.4, 0.5) is 4.79 Å². The van der Waals surface area contributed by atoms with E-state index in [-0.39, 0.29) is 11.8 Å². The molecule has 2 N–H and O–H groups in total. The number of rotatable bonds is 6. The van der Waals surface area contributed by atoms with Gasteiger partial charge in [0.15, 0.2) is 6.61 Å². The first kappa shape index (κ1) is 19.9. The van der Waals surface area contributed by atoms with E-state index in [9.17, 15) is 19.2 Å². The van der Waals surface area contributed by atoms with Crippen LogP contribution in [0.15, 0.2) is 17.5 Å². The molecule has 26 heavy (non-hydrogen) atoms. The number of nitrogens with one attached hydrogen (secondary N) is 2. The van der Waals surface area contributed by atoms with Crippen molar-refractivity contribution in [2.45, 2.75) is 32.7 Å². The number of likely N-dealkylation sites (tertiary alicyclic amines) is 1. The number of amides is 4. The summed E-state index contributed by atoms with van der Waals surface area (Å²) in [7, 11) is 0. The second kappa shape index (κ2) is 9.33. The Hall–Kier alpha value is -2.42. The number of nitrogens with zero attached hydrogens (tertiary/aromatic N) is 1. The molecule has 1 aromatic rings. The Kier molecular flexibility index (Phi) is 7.14. The summed E-state index contributed by atoms with van der Waals surface area (Å²) in [6.45, 7) is 4.19. The van der Waals surface area contributed by atoms with E-state index in [1.54, 1.807) is 17.5 Å². The lowest BCUT2D eigenvalue weighted by Crippen LogP contribution is -2.44. The van der Waals surface area contributed by atoms with E-state index in [0.717, 1.165) is 0 Å². The average molecular weight is 381 g/mol. The fourth-order valence-corrected chi connectivity index (χ4v) is 3.21. The lowest BCUT2D eigenvalue weighted by atomic mass is 10.2. The molecule has 1 atom stereocenters. The lowest BCUT2D eigenvalue weighted by Gasteiger charge is -2.22. The largest absolute Gasteiger partial charge is 0.454 e. The van der Waals surface area contributed by atoms with Gasteiger partial charge in [-0.2, -0.15) is 0 Å². The van der Waals surface area contributed by atoms with Crippen LogP contribution in [-0.4, -0.2) is 54.5 Å². The van der Waals surface area contributed by atoms with Crippen molar-refractivity contribution < 1.29 is 23.9 Å². The Morgan fingerprint density at radius 2 is 2.12 bits per heavy atom. The van der Waals surface area contributed by atoms with Crippen LogP contribution < -0.4 is 10.6 Å². The molecular weight excluding hydrogens is 358 g/mol. The number of esters is 1. The summed E-state index contributed by atoms with van der Waals surface area (Å²) in [5.74, 6) is -1.31. The van der Waals surface area contributed by atoms with Gasteiger partial charge in [-0.3, -0.25) is 14.9 Å². The van der Waals surface area contributed by atoms with Crippen LogP contribution in [0.25, 0.3) is 0 Å². The van der Waals surface area contributed by atoms with Crippen molar-refractivity contribution in [2.75, 3.05) is 19.7 Å². The first-order valence-electron chi connectivity index (χ1n) is 8.47. The van der Waals surface area contributed by atoms with Crippen molar-refractivity contribution in [3.63, 3.8) is 0 Å². The van der Waals surface area contributed by atoms with Gasteiger partial charge in [0.25, 0.3) is 11.8 Å². The molecule has 0 aliphatic carbocycles. The van der Waals surface area contributed by atoms with Gasteiger partial charge in [0.1, 0.15) is 6.04 Å². The molecule has 1 saturated heterocycles. The number of thiophene rings is 1. The number of ether oxygens (including phenoxy) is 1. The summed E-state index contributed by atoms with van der Waals surface area (Å²) < 4.78 is 4.99. The van der Waals surface area contributed by atoms with Crippen molar-refractivity contribution in [2.24, 2.45) is 5.92 Å². The monoisotopic (exact) mass is 381 g/mol. The van der Waals surface area contributed by atoms with E-state index < -0.39 is 30.6 Å². The molecule has 0 radical (unpaired) electrons. The highest BCUT2D eigenvalue weighted by Crippen LogP contribution is 2.23. The molecule has 1 aliphatic rings. The Balaban J connectivity index is 1.80. The van der Waals surface area contributed by atoms with E-state index in [1.165, 1.54) is 16.2 Å². The van der Waals surface area contributed by atoms with Crippen LogP contribution in [-0.2, 0) is 14.3 Å². The summed E-state index contributed by atoms with van der Waals surface area (Å²) in [4.78, 5) is 49.9. The van der Waals surface area contributed by atoms with E-state index in [0.29, 0.717) is 30.8 Å². The molecule has 0 spiro atoms. The SMILES string of the molecule is CC(C)CNC(=O)NC(=O)COC(=O)[C@@H]1CCCN1C(=O)c1cccs1. The van der Waals surface area contributed by atoms with Gasteiger partial charge < -0.3 is 15.0 Å². The number of carbonyl (C=O) groups is 4. The van der Waals surface area contributed by atoms with Gasteiger partial charge in [0, 0.05) is 13.1 Å². The normalized spacial score (nSPS) is 16.4. The first-order valence-corrected chi connectivity index (χ1v) is 9.35. The topological polar surface area (TPSA) is 105 Å². The number of urea groups is 1. The fraction of sp³-hybridized carbons (Fsp3) is 0.529. The van der Waals surface area contributed by atoms with Crippen LogP contribution in [0.1, 0.15) is 36.4 Å². The average Bonchev–Trinajstić information content (AvgIpc) is 3.28. The van der Waals surface area contributed by atoms with E-state index in [4.69, 9.17) is 4.74 Å². The van der Waals surface area contributed by atoms with E-state index in [1.807, 2.05) is 13.8 Å². The second-order valence-electron chi connectivity index (χ2n) is 6.39. The Morgan fingerprint density at radius 3 is 2.77 bits per heavy atom. The van der Waals surface area contributed by atoms with Gasteiger partial charge in [-0.25, -0.2) is 9.59 Å².